The molecule has 0 rings (SSSR count). The van der Waals surface area contributed by atoms with Crippen molar-refractivity contribution in [2.75, 3.05) is 20.1 Å². The number of hydrogen-bond donors (Lipinski definition) is 3. The maximum atomic E-state index is 10.6. The van der Waals surface area contributed by atoms with Gasteiger partial charge in [0.25, 0.3) is 0 Å². The van der Waals surface area contributed by atoms with E-state index in [1.165, 1.54) is 0 Å². The van der Waals surface area contributed by atoms with Crippen LogP contribution in [0.3, 0.4) is 0 Å². The Bertz CT molecular complexity index is 208. The Morgan fingerprint density at radius 3 is 2.29 bits per heavy atom. The molecule has 6 heteroatoms. The first-order valence-corrected chi connectivity index (χ1v) is 5.28. The minimum atomic E-state index is -0.0451. The van der Waals surface area contributed by atoms with E-state index in [9.17, 15) is 4.79 Å². The first-order valence-electron chi connectivity index (χ1n) is 5.28. The van der Waals surface area contributed by atoms with Gasteiger partial charge in [-0.3, -0.25) is 12.0 Å². The van der Waals surface area contributed by atoms with Gasteiger partial charge >= 0.3 is 21.1 Å². The Labute approximate surface area is 119 Å². The summed E-state index contributed by atoms with van der Waals surface area (Å²) in [7, 11) is 4.96. The minimum Gasteiger partial charge on any atom is -0.473 e. The molecule has 0 aliphatic rings. The van der Waals surface area contributed by atoms with Crippen molar-refractivity contribution >= 4 is 11.7 Å². The molecule has 17 heavy (non-hydrogen) atoms. The van der Waals surface area contributed by atoms with E-state index in [4.69, 9.17) is 5.73 Å². The standard InChI is InChI=1S/C8H16N3O.C3H8N.W/c1-6(4-7(2)12)5-11-8(9)10-3;1-3-4-2;/h6H,2,4-5H2,1,3H3,(H3,9,10,11);4H,2-3H2,1H3;/q2*-1;+2. The quantitative estimate of drug-likeness (QED) is 0.346. The molecule has 0 saturated heterocycles. The molecule has 4 N–H and O–H groups in total. The Morgan fingerprint density at radius 1 is 1.53 bits per heavy atom. The monoisotopic (exact) mass is 412 g/mol. The van der Waals surface area contributed by atoms with E-state index in [2.05, 4.69) is 29.6 Å². The van der Waals surface area contributed by atoms with Crippen LogP contribution in [0.5, 0.6) is 0 Å². The molecular weight excluding hydrogens is 388 g/mol. The second-order valence-corrected chi connectivity index (χ2v) is 3.44. The van der Waals surface area contributed by atoms with Gasteiger partial charge in [0.05, 0.1) is 0 Å². The first kappa shape index (κ1) is 21.7. The Kier molecular flexibility index (Phi) is 19.7. The van der Waals surface area contributed by atoms with Crippen LogP contribution in [-0.4, -0.2) is 31.9 Å². The first-order chi connectivity index (χ1) is 7.47. The third-order valence-electron chi connectivity index (χ3n) is 1.70. The van der Waals surface area contributed by atoms with E-state index in [0.717, 1.165) is 6.54 Å². The number of nitrogens with zero attached hydrogens (tertiary/aromatic N) is 1. The molecule has 0 saturated carbocycles. The average molecular weight is 412 g/mol. The Hall–Kier alpha value is -0.542. The molecule has 0 aromatic heterocycles. The fourth-order valence-corrected chi connectivity index (χ4v) is 0.819. The van der Waals surface area contributed by atoms with Crippen molar-refractivity contribution in [3.05, 3.63) is 14.0 Å². The molecule has 0 aromatic carbocycles. The van der Waals surface area contributed by atoms with E-state index in [1.807, 2.05) is 13.8 Å². The summed E-state index contributed by atoms with van der Waals surface area (Å²) in [5.41, 5.74) is 5.39. The van der Waals surface area contributed by atoms with Crippen molar-refractivity contribution < 1.29 is 25.9 Å². The number of carbonyl (C=O) groups is 1. The van der Waals surface area contributed by atoms with Crippen LogP contribution in [0.15, 0.2) is 4.99 Å². The topological polar surface area (TPSA) is 79.5 Å². The van der Waals surface area contributed by atoms with Gasteiger partial charge in [0.2, 0.25) is 0 Å². The number of guanidine groups is 1. The van der Waals surface area contributed by atoms with Crippen molar-refractivity contribution in [2.24, 2.45) is 16.6 Å². The number of hydrogen-bond acceptors (Lipinski definition) is 3. The maximum absolute atomic E-state index is 10.6. The summed E-state index contributed by atoms with van der Waals surface area (Å²) in [6.07, 6.45) is 0.476. The molecule has 0 amide bonds. The number of ketones is 1. The van der Waals surface area contributed by atoms with Crippen LogP contribution in [0, 0.1) is 19.9 Å². The third-order valence-corrected chi connectivity index (χ3v) is 1.70. The second kappa shape index (κ2) is 15.5. The largest absolute Gasteiger partial charge is 2.00 e. The van der Waals surface area contributed by atoms with Crippen LogP contribution < -0.4 is 16.4 Å². The molecule has 0 heterocycles. The molecule has 5 nitrogen and oxygen atoms in total. The van der Waals surface area contributed by atoms with Crippen LogP contribution in [0.4, 0.5) is 0 Å². The van der Waals surface area contributed by atoms with Gasteiger partial charge in [-0.05, 0) is 24.7 Å². The number of nitrogens with two attached hydrogens (primary N) is 1. The van der Waals surface area contributed by atoms with Crippen molar-refractivity contribution in [1.29, 1.82) is 0 Å². The predicted octanol–water partition coefficient (Wildman–Crippen LogP) is 0.335. The summed E-state index contributed by atoms with van der Waals surface area (Å²) in [4.78, 5) is 14.3. The molecule has 1 unspecified atom stereocenters. The van der Waals surface area contributed by atoms with Crippen LogP contribution in [0.2, 0.25) is 0 Å². The van der Waals surface area contributed by atoms with Gasteiger partial charge in [-0.25, -0.2) is 0 Å². The zero-order chi connectivity index (χ0) is 13.0. The molecular formula is C11H24N4OW. The summed E-state index contributed by atoms with van der Waals surface area (Å²) in [6.45, 7) is 8.88. The van der Waals surface area contributed by atoms with Gasteiger partial charge in [-0.1, -0.05) is 13.8 Å². The third kappa shape index (κ3) is 21.3. The molecule has 0 fully saturated rings. The van der Waals surface area contributed by atoms with Crippen LogP contribution >= 0.6 is 0 Å². The smallest absolute Gasteiger partial charge is 0.473 e. The average Bonchev–Trinajstić information content (AvgIpc) is 2.25. The zero-order valence-electron chi connectivity index (χ0n) is 11.0. The molecule has 0 aromatic rings. The second-order valence-electron chi connectivity index (χ2n) is 3.44. The minimum absolute atomic E-state index is 0. The van der Waals surface area contributed by atoms with Gasteiger partial charge in [0, 0.05) is 13.6 Å². The van der Waals surface area contributed by atoms with Crippen LogP contribution in [0.1, 0.15) is 20.3 Å². The van der Waals surface area contributed by atoms with E-state index >= 15 is 0 Å². The summed E-state index contributed by atoms with van der Waals surface area (Å²) in [6, 6.07) is 0. The zero-order valence-corrected chi connectivity index (χ0v) is 13.9. The van der Waals surface area contributed by atoms with Gasteiger partial charge < -0.3 is 28.1 Å². The number of rotatable bonds is 5. The molecule has 0 bridgehead atoms. The SMILES string of the molecule is [CH2-]C(=O)CC(C)CNC(N)=NC.[CH2-]NCC.[W+2]. The van der Waals surface area contributed by atoms with Gasteiger partial charge in [-0.2, -0.15) is 0 Å². The molecule has 0 spiro atoms. The van der Waals surface area contributed by atoms with Gasteiger partial charge in [0.15, 0.2) is 5.96 Å². The number of nitrogens with one attached hydrogen (secondary N) is 2. The van der Waals surface area contributed by atoms with Crippen LogP contribution in [0.25, 0.3) is 0 Å². The summed E-state index contributed by atoms with van der Waals surface area (Å²) < 4.78 is 0. The molecule has 100 valence electrons. The van der Waals surface area contributed by atoms with Crippen molar-refractivity contribution in [2.45, 2.75) is 20.3 Å². The Morgan fingerprint density at radius 2 is 2.00 bits per heavy atom. The number of aliphatic imine (C=N–C) groups is 1. The Balaban J connectivity index is -0.000000340. The fraction of sp³-hybridized carbons (Fsp3) is 0.636. The predicted molar refractivity (Wildman–Crippen MR) is 68.7 cm³/mol. The van der Waals surface area contributed by atoms with Crippen molar-refractivity contribution in [3.8, 4) is 0 Å². The van der Waals surface area contributed by atoms with Crippen LogP contribution in [-0.2, 0) is 25.9 Å². The molecule has 1 atom stereocenters. The molecule has 0 radical (unpaired) electrons. The normalized spacial score (nSPS) is 11.6. The van der Waals surface area contributed by atoms with E-state index < -0.39 is 0 Å². The van der Waals surface area contributed by atoms with E-state index in [1.54, 1.807) is 7.05 Å². The molecule has 0 aliphatic carbocycles. The maximum Gasteiger partial charge on any atom is 2.00 e. The number of Topliss-reactive ketones (excluding diaryl/α,β-unsaturated/α-hetero) is 1. The van der Waals surface area contributed by atoms with E-state index in [-0.39, 0.29) is 32.8 Å². The fourth-order valence-electron chi connectivity index (χ4n) is 0.819. The molecule has 0 aliphatic heterocycles. The summed E-state index contributed by atoms with van der Waals surface area (Å²) in [5, 5.41) is 5.57. The number of carbonyl (C=O) groups excluding carboxylic acids is 1. The van der Waals surface area contributed by atoms with Crippen molar-refractivity contribution in [1.82, 2.24) is 10.6 Å². The van der Waals surface area contributed by atoms with E-state index in [0.29, 0.717) is 18.9 Å². The summed E-state index contributed by atoms with van der Waals surface area (Å²) in [5.74, 6) is 0.602. The summed E-state index contributed by atoms with van der Waals surface area (Å²) >= 11 is 0. The van der Waals surface area contributed by atoms with Gasteiger partial charge in [0.1, 0.15) is 0 Å². The van der Waals surface area contributed by atoms with Gasteiger partial charge in [-0.15, -0.1) is 0 Å². The van der Waals surface area contributed by atoms with Crippen molar-refractivity contribution in [3.63, 3.8) is 0 Å².